The van der Waals surface area contributed by atoms with Gasteiger partial charge < -0.3 is 5.32 Å². The minimum absolute atomic E-state index is 0.0786. The van der Waals surface area contributed by atoms with Crippen molar-refractivity contribution in [2.45, 2.75) is 40.2 Å². The van der Waals surface area contributed by atoms with Gasteiger partial charge in [0.25, 0.3) is 0 Å². The molecule has 18 heavy (non-hydrogen) atoms. The molecule has 0 aliphatic heterocycles. The van der Waals surface area contributed by atoms with E-state index in [0.29, 0.717) is 6.54 Å². The number of halogens is 3. The molecule has 0 bridgehead atoms. The van der Waals surface area contributed by atoms with Crippen LogP contribution in [0.2, 0.25) is 0 Å². The number of rotatable bonds is 5. The highest BCUT2D eigenvalue weighted by molar-refractivity contribution is 5.26. The van der Waals surface area contributed by atoms with E-state index in [1.54, 1.807) is 0 Å². The monoisotopic (exact) mass is 259 g/mol. The lowest BCUT2D eigenvalue weighted by Gasteiger charge is -2.35. The summed E-state index contributed by atoms with van der Waals surface area (Å²) in [5.41, 5.74) is -0.403. The molecule has 0 saturated carbocycles. The van der Waals surface area contributed by atoms with Crippen molar-refractivity contribution >= 4 is 0 Å². The summed E-state index contributed by atoms with van der Waals surface area (Å²) in [5, 5.41) is 3.09. The fraction of sp³-hybridized carbons (Fsp3) is 0.571. The summed E-state index contributed by atoms with van der Waals surface area (Å²) in [7, 11) is 0. The third-order valence-electron chi connectivity index (χ3n) is 3.43. The van der Waals surface area contributed by atoms with E-state index in [0.717, 1.165) is 18.6 Å². The highest BCUT2D eigenvalue weighted by Gasteiger charge is 2.33. The molecule has 1 aromatic rings. The third kappa shape index (κ3) is 3.05. The van der Waals surface area contributed by atoms with Gasteiger partial charge in [0, 0.05) is 23.7 Å². The van der Waals surface area contributed by atoms with Crippen molar-refractivity contribution in [3.8, 4) is 0 Å². The summed E-state index contributed by atoms with van der Waals surface area (Å²) in [6.45, 7) is 8.29. The van der Waals surface area contributed by atoms with Crippen molar-refractivity contribution in [1.82, 2.24) is 5.32 Å². The van der Waals surface area contributed by atoms with Gasteiger partial charge in [0.15, 0.2) is 0 Å². The number of hydrogen-bond donors (Lipinski definition) is 1. The van der Waals surface area contributed by atoms with Crippen LogP contribution in [0.3, 0.4) is 0 Å². The molecule has 0 aliphatic rings. The Labute approximate surface area is 106 Å². The van der Waals surface area contributed by atoms with Crippen LogP contribution in [0.1, 0.15) is 45.7 Å². The average molecular weight is 259 g/mol. The van der Waals surface area contributed by atoms with Crippen molar-refractivity contribution in [3.63, 3.8) is 0 Å². The maximum atomic E-state index is 13.8. The Bertz CT molecular complexity index is 392. The molecule has 1 unspecified atom stereocenters. The van der Waals surface area contributed by atoms with Crippen molar-refractivity contribution in [2.75, 3.05) is 6.54 Å². The smallest absolute Gasteiger partial charge is 0.133 e. The van der Waals surface area contributed by atoms with Gasteiger partial charge in [0.1, 0.15) is 17.5 Å². The van der Waals surface area contributed by atoms with E-state index in [1.165, 1.54) is 0 Å². The zero-order chi connectivity index (χ0) is 13.9. The zero-order valence-electron chi connectivity index (χ0n) is 11.3. The minimum Gasteiger partial charge on any atom is -0.310 e. The van der Waals surface area contributed by atoms with Crippen molar-refractivity contribution in [1.29, 1.82) is 0 Å². The largest absolute Gasteiger partial charge is 0.310 e. The van der Waals surface area contributed by atoms with Gasteiger partial charge in [-0.05, 0) is 18.4 Å². The molecule has 102 valence electrons. The SMILES string of the molecule is CCNC(c1c(F)cc(F)cc1F)C(C)(C)CC. The van der Waals surface area contributed by atoms with Gasteiger partial charge in [-0.25, -0.2) is 13.2 Å². The molecular weight excluding hydrogens is 239 g/mol. The second-order valence-electron chi connectivity index (χ2n) is 5.12. The van der Waals surface area contributed by atoms with Crippen molar-refractivity contribution < 1.29 is 13.2 Å². The van der Waals surface area contributed by atoms with Crippen LogP contribution < -0.4 is 5.32 Å². The van der Waals surface area contributed by atoms with E-state index in [2.05, 4.69) is 5.32 Å². The summed E-state index contributed by atoms with van der Waals surface area (Å²) in [4.78, 5) is 0. The molecule has 0 aliphatic carbocycles. The lowest BCUT2D eigenvalue weighted by Crippen LogP contribution is -2.35. The molecule has 1 rings (SSSR count). The first-order chi connectivity index (χ1) is 8.33. The highest BCUT2D eigenvalue weighted by Crippen LogP contribution is 2.38. The first kappa shape index (κ1) is 15.0. The van der Waals surface area contributed by atoms with Crippen LogP contribution in [-0.2, 0) is 0 Å². The van der Waals surface area contributed by atoms with Gasteiger partial charge in [0.05, 0.1) is 0 Å². The topological polar surface area (TPSA) is 12.0 Å². The predicted octanol–water partition coefficient (Wildman–Crippen LogP) is 4.19. The third-order valence-corrected chi connectivity index (χ3v) is 3.43. The van der Waals surface area contributed by atoms with Crippen molar-refractivity contribution in [2.24, 2.45) is 5.41 Å². The summed E-state index contributed by atoms with van der Waals surface area (Å²) >= 11 is 0. The average Bonchev–Trinajstić information content (AvgIpc) is 2.26. The van der Waals surface area contributed by atoms with Crippen LogP contribution in [0, 0.1) is 22.9 Å². The van der Waals surface area contributed by atoms with Gasteiger partial charge >= 0.3 is 0 Å². The summed E-state index contributed by atoms with van der Waals surface area (Å²) in [6.07, 6.45) is 0.751. The minimum atomic E-state index is -0.890. The first-order valence-corrected chi connectivity index (χ1v) is 6.21. The van der Waals surface area contributed by atoms with E-state index in [-0.39, 0.29) is 11.0 Å². The summed E-state index contributed by atoms with van der Waals surface area (Å²) in [6, 6.07) is 0.983. The Kier molecular flexibility index (Phi) is 4.79. The Morgan fingerprint density at radius 3 is 2.00 bits per heavy atom. The molecule has 0 spiro atoms. The Morgan fingerprint density at radius 2 is 1.61 bits per heavy atom. The van der Waals surface area contributed by atoms with Gasteiger partial charge in [-0.1, -0.05) is 27.7 Å². The molecular formula is C14H20F3N. The Hall–Kier alpha value is -1.03. The maximum Gasteiger partial charge on any atom is 0.133 e. The maximum absolute atomic E-state index is 13.8. The van der Waals surface area contributed by atoms with E-state index >= 15 is 0 Å². The van der Waals surface area contributed by atoms with Crippen LogP contribution >= 0.6 is 0 Å². The fourth-order valence-electron chi connectivity index (χ4n) is 2.01. The lowest BCUT2D eigenvalue weighted by molar-refractivity contribution is 0.226. The molecule has 0 radical (unpaired) electrons. The molecule has 1 N–H and O–H groups in total. The van der Waals surface area contributed by atoms with Crippen LogP contribution in [0.25, 0.3) is 0 Å². The molecule has 0 aromatic heterocycles. The standard InChI is InChI=1S/C14H20F3N/c1-5-14(3,4)13(18-6-2)12-10(16)7-9(15)8-11(12)17/h7-8,13,18H,5-6H2,1-4H3. The number of benzene rings is 1. The molecule has 0 saturated heterocycles. The van der Waals surface area contributed by atoms with Crippen LogP contribution in [0.15, 0.2) is 12.1 Å². The second kappa shape index (κ2) is 5.74. The molecule has 1 nitrogen and oxygen atoms in total. The van der Waals surface area contributed by atoms with E-state index < -0.39 is 23.5 Å². The molecule has 1 aromatic carbocycles. The molecule has 0 amide bonds. The molecule has 0 fully saturated rings. The summed E-state index contributed by atoms with van der Waals surface area (Å²) < 4.78 is 40.6. The van der Waals surface area contributed by atoms with E-state index in [4.69, 9.17) is 0 Å². The number of nitrogens with one attached hydrogen (secondary N) is 1. The molecule has 4 heteroatoms. The predicted molar refractivity (Wildman–Crippen MR) is 66.8 cm³/mol. The number of hydrogen-bond acceptors (Lipinski definition) is 1. The molecule has 1 atom stereocenters. The first-order valence-electron chi connectivity index (χ1n) is 6.21. The second-order valence-corrected chi connectivity index (χ2v) is 5.12. The Morgan fingerprint density at radius 1 is 1.11 bits per heavy atom. The molecule has 0 heterocycles. The Balaban J connectivity index is 3.30. The van der Waals surface area contributed by atoms with Gasteiger partial charge in [-0.3, -0.25) is 0 Å². The fourth-order valence-corrected chi connectivity index (χ4v) is 2.01. The van der Waals surface area contributed by atoms with Crippen LogP contribution in [0.5, 0.6) is 0 Å². The highest BCUT2D eigenvalue weighted by atomic mass is 19.1. The van der Waals surface area contributed by atoms with Gasteiger partial charge in [0.2, 0.25) is 0 Å². The lowest BCUT2D eigenvalue weighted by atomic mass is 9.78. The quantitative estimate of drug-likeness (QED) is 0.836. The summed E-state index contributed by atoms with van der Waals surface area (Å²) in [5.74, 6) is -2.56. The van der Waals surface area contributed by atoms with E-state index in [9.17, 15) is 13.2 Å². The van der Waals surface area contributed by atoms with E-state index in [1.807, 2.05) is 27.7 Å². The van der Waals surface area contributed by atoms with Crippen molar-refractivity contribution in [3.05, 3.63) is 35.1 Å². The normalized spacial score (nSPS) is 13.7. The van der Waals surface area contributed by atoms with Crippen LogP contribution in [-0.4, -0.2) is 6.54 Å². The van der Waals surface area contributed by atoms with Gasteiger partial charge in [-0.15, -0.1) is 0 Å². The van der Waals surface area contributed by atoms with Crippen LogP contribution in [0.4, 0.5) is 13.2 Å². The van der Waals surface area contributed by atoms with Gasteiger partial charge in [-0.2, -0.15) is 0 Å². The zero-order valence-corrected chi connectivity index (χ0v) is 11.3.